The highest BCUT2D eigenvalue weighted by molar-refractivity contribution is 5.82. The first-order valence-electron chi connectivity index (χ1n) is 5.89. The van der Waals surface area contributed by atoms with Crippen LogP contribution in [0.4, 0.5) is 4.79 Å². The Morgan fingerprint density at radius 3 is 2.47 bits per heavy atom. The lowest BCUT2D eigenvalue weighted by atomic mass is 10.0. The van der Waals surface area contributed by atoms with Crippen molar-refractivity contribution in [2.75, 3.05) is 13.7 Å². The molecule has 0 aromatic heterocycles. The van der Waals surface area contributed by atoms with E-state index in [1.807, 2.05) is 0 Å². The third-order valence-electron chi connectivity index (χ3n) is 2.71. The molecule has 0 bridgehead atoms. The molecule has 19 heavy (non-hydrogen) atoms. The second-order valence-corrected chi connectivity index (χ2v) is 5.53. The molecule has 1 saturated heterocycles. The van der Waals surface area contributed by atoms with Crippen LogP contribution < -0.4 is 0 Å². The molecule has 106 valence electrons. The number of β-amino-alcohol motifs (C(OH)–C–C–N with tert-alkyl or cyclic N) is 1. The zero-order chi connectivity index (χ0) is 14.8. The number of amides is 1. The average Bonchev–Trinajstić information content (AvgIpc) is 2.65. The monoisotopic (exact) mass is 269 g/mol. The Labute approximate surface area is 112 Å². The van der Waals surface area contributed by atoms with Crippen LogP contribution in [0.2, 0.25) is 0 Å². The standard InChI is InChI=1S/C13H19NO5/c1-6-13(17)7-9(10(15)18-5)14(8-13)11(16)19-12(2,3)4/h1,9,17H,7-8H2,2-5H3. The molecule has 1 aliphatic heterocycles. The number of carbonyl (C=O) groups excluding carboxylic acids is 2. The third-order valence-corrected chi connectivity index (χ3v) is 2.71. The smallest absolute Gasteiger partial charge is 0.411 e. The van der Waals surface area contributed by atoms with Crippen molar-refractivity contribution < 1.29 is 24.2 Å². The fourth-order valence-corrected chi connectivity index (χ4v) is 1.85. The number of hydrogen-bond donors (Lipinski definition) is 1. The minimum Gasteiger partial charge on any atom is -0.467 e. The maximum absolute atomic E-state index is 12.0. The van der Waals surface area contributed by atoms with Crippen LogP contribution in [0.3, 0.4) is 0 Å². The lowest BCUT2D eigenvalue weighted by Crippen LogP contribution is -2.44. The van der Waals surface area contributed by atoms with Crippen molar-refractivity contribution in [2.24, 2.45) is 0 Å². The van der Waals surface area contributed by atoms with Crippen molar-refractivity contribution in [2.45, 2.75) is 44.4 Å². The van der Waals surface area contributed by atoms with E-state index >= 15 is 0 Å². The van der Waals surface area contributed by atoms with Crippen LogP contribution in [-0.2, 0) is 14.3 Å². The summed E-state index contributed by atoms with van der Waals surface area (Å²) in [6, 6.07) is -0.930. The molecule has 0 spiro atoms. The molecule has 0 radical (unpaired) electrons. The van der Waals surface area contributed by atoms with Gasteiger partial charge in [-0.25, -0.2) is 9.59 Å². The highest BCUT2D eigenvalue weighted by Gasteiger charge is 2.48. The molecule has 1 fully saturated rings. The van der Waals surface area contributed by atoms with E-state index in [4.69, 9.17) is 11.2 Å². The second kappa shape index (κ2) is 5.10. The average molecular weight is 269 g/mol. The lowest BCUT2D eigenvalue weighted by molar-refractivity contribution is -0.145. The lowest BCUT2D eigenvalue weighted by Gasteiger charge is -2.27. The van der Waals surface area contributed by atoms with Crippen LogP contribution in [0.5, 0.6) is 0 Å². The van der Waals surface area contributed by atoms with Crippen LogP contribution in [0, 0.1) is 12.3 Å². The van der Waals surface area contributed by atoms with E-state index in [9.17, 15) is 14.7 Å². The normalized spacial score (nSPS) is 26.7. The third kappa shape index (κ3) is 3.61. The van der Waals surface area contributed by atoms with E-state index in [1.54, 1.807) is 20.8 Å². The van der Waals surface area contributed by atoms with Crippen molar-refractivity contribution in [1.82, 2.24) is 4.90 Å². The maximum Gasteiger partial charge on any atom is 0.411 e. The van der Waals surface area contributed by atoms with Gasteiger partial charge in [0.2, 0.25) is 0 Å². The Bertz CT molecular complexity index is 420. The van der Waals surface area contributed by atoms with Gasteiger partial charge in [0.25, 0.3) is 0 Å². The van der Waals surface area contributed by atoms with E-state index in [1.165, 1.54) is 7.11 Å². The Balaban J connectivity index is 2.93. The molecule has 6 nitrogen and oxygen atoms in total. The fourth-order valence-electron chi connectivity index (χ4n) is 1.85. The topological polar surface area (TPSA) is 76.1 Å². The van der Waals surface area contributed by atoms with Crippen molar-refractivity contribution in [3.8, 4) is 12.3 Å². The molecule has 0 aliphatic carbocycles. The summed E-state index contributed by atoms with van der Waals surface area (Å²) in [4.78, 5) is 24.8. The molecule has 1 heterocycles. The minimum atomic E-state index is -1.53. The number of rotatable bonds is 1. The summed E-state index contributed by atoms with van der Waals surface area (Å²) in [6.45, 7) is 4.97. The van der Waals surface area contributed by atoms with Crippen LogP contribution in [0.15, 0.2) is 0 Å². The largest absolute Gasteiger partial charge is 0.467 e. The molecular formula is C13H19NO5. The maximum atomic E-state index is 12.0. The quantitative estimate of drug-likeness (QED) is 0.555. The number of hydrogen-bond acceptors (Lipinski definition) is 5. The molecule has 2 atom stereocenters. The molecule has 1 N–H and O–H groups in total. The zero-order valence-corrected chi connectivity index (χ0v) is 11.6. The van der Waals surface area contributed by atoms with Crippen molar-refractivity contribution in [3.05, 3.63) is 0 Å². The number of aliphatic hydroxyl groups is 1. The highest BCUT2D eigenvalue weighted by Crippen LogP contribution is 2.29. The highest BCUT2D eigenvalue weighted by atomic mass is 16.6. The first-order valence-corrected chi connectivity index (χ1v) is 5.89. The summed E-state index contributed by atoms with van der Waals surface area (Å²) in [7, 11) is 1.21. The van der Waals surface area contributed by atoms with E-state index < -0.39 is 29.3 Å². The van der Waals surface area contributed by atoms with Crippen LogP contribution >= 0.6 is 0 Å². The number of methoxy groups -OCH3 is 1. The molecular weight excluding hydrogens is 250 g/mol. The van der Waals surface area contributed by atoms with Gasteiger partial charge in [-0.3, -0.25) is 4.90 Å². The Kier molecular flexibility index (Phi) is 4.11. The molecule has 0 aromatic carbocycles. The number of esters is 1. The van der Waals surface area contributed by atoms with E-state index in [2.05, 4.69) is 10.7 Å². The van der Waals surface area contributed by atoms with Gasteiger partial charge in [-0.1, -0.05) is 5.92 Å². The first kappa shape index (κ1) is 15.3. The molecule has 2 unspecified atom stereocenters. The summed E-state index contributed by atoms with van der Waals surface area (Å²) in [5, 5.41) is 10.0. The van der Waals surface area contributed by atoms with E-state index in [0.29, 0.717) is 0 Å². The molecule has 1 rings (SSSR count). The summed E-state index contributed by atoms with van der Waals surface area (Å²) >= 11 is 0. The van der Waals surface area contributed by atoms with Gasteiger partial charge in [0.15, 0.2) is 0 Å². The molecule has 1 aliphatic rings. The summed E-state index contributed by atoms with van der Waals surface area (Å²) in [5.41, 5.74) is -2.23. The van der Waals surface area contributed by atoms with E-state index in [-0.39, 0.29) is 13.0 Å². The van der Waals surface area contributed by atoms with E-state index in [0.717, 1.165) is 4.90 Å². The van der Waals surface area contributed by atoms with Crippen LogP contribution in [-0.4, -0.2) is 53.0 Å². The Hall–Kier alpha value is -1.74. The predicted molar refractivity (Wildman–Crippen MR) is 67.1 cm³/mol. The summed E-state index contributed by atoms with van der Waals surface area (Å²) in [5.74, 6) is 1.57. The van der Waals surface area contributed by atoms with Gasteiger partial charge in [-0.05, 0) is 20.8 Å². The van der Waals surface area contributed by atoms with Gasteiger partial charge >= 0.3 is 12.1 Å². The fraction of sp³-hybridized carbons (Fsp3) is 0.692. The SMILES string of the molecule is C#CC1(O)CC(C(=O)OC)N(C(=O)OC(C)(C)C)C1. The molecule has 0 saturated carbocycles. The Morgan fingerprint density at radius 1 is 1.47 bits per heavy atom. The first-order chi connectivity index (χ1) is 8.62. The van der Waals surface area contributed by atoms with Gasteiger partial charge in [-0.2, -0.15) is 0 Å². The van der Waals surface area contributed by atoms with Gasteiger partial charge in [0.1, 0.15) is 17.2 Å². The summed E-state index contributed by atoms with van der Waals surface area (Å²) in [6.07, 6.45) is 4.47. The van der Waals surface area contributed by atoms with Crippen LogP contribution in [0.25, 0.3) is 0 Å². The number of carbonyl (C=O) groups is 2. The number of nitrogens with zero attached hydrogens (tertiary/aromatic N) is 1. The van der Waals surface area contributed by atoms with Crippen molar-refractivity contribution in [3.63, 3.8) is 0 Å². The number of ether oxygens (including phenoxy) is 2. The second-order valence-electron chi connectivity index (χ2n) is 5.53. The van der Waals surface area contributed by atoms with Crippen molar-refractivity contribution in [1.29, 1.82) is 0 Å². The number of likely N-dealkylation sites (tertiary alicyclic amines) is 1. The van der Waals surface area contributed by atoms with Gasteiger partial charge in [-0.15, -0.1) is 6.42 Å². The zero-order valence-electron chi connectivity index (χ0n) is 11.6. The minimum absolute atomic E-state index is 0.0601. The van der Waals surface area contributed by atoms with Gasteiger partial charge < -0.3 is 14.6 Å². The van der Waals surface area contributed by atoms with Crippen LogP contribution in [0.1, 0.15) is 27.2 Å². The predicted octanol–water partition coefficient (Wildman–Crippen LogP) is 0.533. The Morgan fingerprint density at radius 2 is 2.05 bits per heavy atom. The van der Waals surface area contributed by atoms with Gasteiger partial charge in [0.05, 0.1) is 13.7 Å². The van der Waals surface area contributed by atoms with Crippen molar-refractivity contribution >= 4 is 12.1 Å². The summed E-state index contributed by atoms with van der Waals surface area (Å²) < 4.78 is 9.80. The molecule has 1 amide bonds. The molecule has 0 aromatic rings. The molecule has 6 heteroatoms. The number of terminal acetylenes is 1. The van der Waals surface area contributed by atoms with Gasteiger partial charge in [0, 0.05) is 6.42 Å².